The molecule has 1 aliphatic heterocycles. The fourth-order valence-electron chi connectivity index (χ4n) is 2.50. The van der Waals surface area contributed by atoms with Gasteiger partial charge in [0.05, 0.1) is 18.2 Å². The lowest BCUT2D eigenvalue weighted by Gasteiger charge is -2.10. The third-order valence-electron chi connectivity index (χ3n) is 3.55. The quantitative estimate of drug-likeness (QED) is 0.866. The number of carboxylic acid groups (broad SMARTS) is 1. The van der Waals surface area contributed by atoms with E-state index >= 15 is 0 Å². The van der Waals surface area contributed by atoms with Crippen LogP contribution in [0.15, 0.2) is 0 Å². The number of aliphatic carboxylic acids is 1. The zero-order valence-electron chi connectivity index (χ0n) is 11.0. The van der Waals surface area contributed by atoms with Crippen molar-refractivity contribution in [3.63, 3.8) is 0 Å². The molecule has 5 nitrogen and oxygen atoms in total. The highest BCUT2D eigenvalue weighted by atomic mass is 16.5. The van der Waals surface area contributed by atoms with Gasteiger partial charge in [0.1, 0.15) is 0 Å². The van der Waals surface area contributed by atoms with Gasteiger partial charge in [0.25, 0.3) is 0 Å². The standard InChI is InChI=1S/C13H20N2O3/c1-9-12(8-13(16)17)10(2)15(14-9)6-5-11-4-3-7-18-11/h11H,3-8H2,1-2H3,(H,16,17). The average Bonchev–Trinajstić information content (AvgIpc) is 2.90. The Hall–Kier alpha value is -1.36. The Kier molecular flexibility index (Phi) is 4.01. The summed E-state index contributed by atoms with van der Waals surface area (Å²) in [7, 11) is 0. The molecule has 0 spiro atoms. The predicted octanol–water partition coefficient (Wildman–Crippen LogP) is 1.70. The molecule has 2 rings (SSSR count). The van der Waals surface area contributed by atoms with Crippen LogP contribution in [0.3, 0.4) is 0 Å². The van der Waals surface area contributed by atoms with Crippen LogP contribution in [-0.4, -0.2) is 33.6 Å². The maximum absolute atomic E-state index is 10.8. The number of carboxylic acids is 1. The molecule has 1 aromatic rings. The third-order valence-corrected chi connectivity index (χ3v) is 3.55. The van der Waals surface area contributed by atoms with Gasteiger partial charge in [0, 0.05) is 24.4 Å². The van der Waals surface area contributed by atoms with E-state index in [4.69, 9.17) is 9.84 Å². The molecule has 0 radical (unpaired) electrons. The van der Waals surface area contributed by atoms with Gasteiger partial charge in [-0.15, -0.1) is 0 Å². The van der Waals surface area contributed by atoms with Crippen molar-refractivity contribution in [1.82, 2.24) is 9.78 Å². The molecule has 0 saturated carbocycles. The third kappa shape index (κ3) is 2.90. The summed E-state index contributed by atoms with van der Waals surface area (Å²) < 4.78 is 7.49. The van der Waals surface area contributed by atoms with E-state index in [1.54, 1.807) is 0 Å². The number of aryl methyl sites for hydroxylation is 2. The summed E-state index contributed by atoms with van der Waals surface area (Å²) in [6.07, 6.45) is 3.62. The summed E-state index contributed by atoms with van der Waals surface area (Å²) in [5.41, 5.74) is 2.63. The Morgan fingerprint density at radius 2 is 2.33 bits per heavy atom. The van der Waals surface area contributed by atoms with Crippen molar-refractivity contribution in [2.45, 2.75) is 52.2 Å². The van der Waals surface area contributed by atoms with Gasteiger partial charge < -0.3 is 9.84 Å². The van der Waals surface area contributed by atoms with Gasteiger partial charge >= 0.3 is 5.97 Å². The van der Waals surface area contributed by atoms with Gasteiger partial charge in [-0.3, -0.25) is 9.48 Å². The molecule has 2 heterocycles. The van der Waals surface area contributed by atoms with E-state index in [1.807, 2.05) is 18.5 Å². The lowest BCUT2D eigenvalue weighted by molar-refractivity contribution is -0.136. The Labute approximate surface area is 107 Å². The maximum atomic E-state index is 10.8. The summed E-state index contributed by atoms with van der Waals surface area (Å²) in [6, 6.07) is 0. The van der Waals surface area contributed by atoms with Gasteiger partial charge in [0.15, 0.2) is 0 Å². The first-order chi connectivity index (χ1) is 8.58. The smallest absolute Gasteiger partial charge is 0.307 e. The first kappa shape index (κ1) is 13.1. The number of ether oxygens (including phenoxy) is 1. The molecule has 5 heteroatoms. The number of hydrogen-bond donors (Lipinski definition) is 1. The van der Waals surface area contributed by atoms with Crippen molar-refractivity contribution >= 4 is 5.97 Å². The zero-order valence-corrected chi connectivity index (χ0v) is 11.0. The Morgan fingerprint density at radius 3 is 2.94 bits per heavy atom. The Bertz CT molecular complexity index is 434. The molecule has 1 saturated heterocycles. The van der Waals surface area contributed by atoms with E-state index in [9.17, 15) is 4.79 Å². The highest BCUT2D eigenvalue weighted by molar-refractivity contribution is 5.70. The molecule has 100 valence electrons. The van der Waals surface area contributed by atoms with Crippen molar-refractivity contribution in [3.8, 4) is 0 Å². The number of rotatable bonds is 5. The fraction of sp³-hybridized carbons (Fsp3) is 0.692. The van der Waals surface area contributed by atoms with Crippen LogP contribution >= 0.6 is 0 Å². The van der Waals surface area contributed by atoms with Crippen LogP contribution in [0.4, 0.5) is 0 Å². The van der Waals surface area contributed by atoms with Crippen LogP contribution in [-0.2, 0) is 22.5 Å². The van der Waals surface area contributed by atoms with Crippen molar-refractivity contribution in [2.75, 3.05) is 6.61 Å². The fourth-order valence-corrected chi connectivity index (χ4v) is 2.50. The summed E-state index contributed by atoms with van der Waals surface area (Å²) in [5, 5.41) is 13.3. The second-order valence-corrected chi connectivity index (χ2v) is 4.87. The monoisotopic (exact) mass is 252 g/mol. The SMILES string of the molecule is Cc1nn(CCC2CCCO2)c(C)c1CC(=O)O. The molecule has 1 atom stereocenters. The normalized spacial score (nSPS) is 19.3. The van der Waals surface area contributed by atoms with Crippen LogP contribution in [0, 0.1) is 13.8 Å². The molecule has 1 N–H and O–H groups in total. The van der Waals surface area contributed by atoms with Gasteiger partial charge in [-0.1, -0.05) is 0 Å². The summed E-state index contributed by atoms with van der Waals surface area (Å²) in [6.45, 7) is 5.48. The van der Waals surface area contributed by atoms with Crippen molar-refractivity contribution in [1.29, 1.82) is 0 Å². The number of carbonyl (C=O) groups is 1. The van der Waals surface area contributed by atoms with Gasteiger partial charge in [0.2, 0.25) is 0 Å². The zero-order chi connectivity index (χ0) is 13.1. The number of hydrogen-bond acceptors (Lipinski definition) is 3. The highest BCUT2D eigenvalue weighted by Crippen LogP contribution is 2.18. The minimum absolute atomic E-state index is 0.0532. The van der Waals surface area contributed by atoms with Crippen molar-refractivity contribution in [2.24, 2.45) is 0 Å². The lowest BCUT2D eigenvalue weighted by Crippen LogP contribution is -2.12. The molecule has 0 aromatic carbocycles. The van der Waals surface area contributed by atoms with Gasteiger partial charge in [-0.2, -0.15) is 5.10 Å². The lowest BCUT2D eigenvalue weighted by atomic mass is 10.1. The van der Waals surface area contributed by atoms with Crippen LogP contribution in [0.1, 0.15) is 36.2 Å². The van der Waals surface area contributed by atoms with E-state index in [0.717, 1.165) is 49.4 Å². The number of aromatic nitrogens is 2. The first-order valence-electron chi connectivity index (χ1n) is 6.44. The van der Waals surface area contributed by atoms with E-state index < -0.39 is 5.97 Å². The van der Waals surface area contributed by atoms with E-state index in [1.165, 1.54) is 0 Å². The summed E-state index contributed by atoms with van der Waals surface area (Å²) in [5.74, 6) is -0.806. The molecule has 1 aromatic heterocycles. The average molecular weight is 252 g/mol. The molecule has 1 aliphatic rings. The Morgan fingerprint density at radius 1 is 1.56 bits per heavy atom. The molecule has 1 fully saturated rings. The van der Waals surface area contributed by atoms with Gasteiger partial charge in [-0.05, 0) is 33.1 Å². The Balaban J connectivity index is 2.01. The van der Waals surface area contributed by atoms with Crippen LogP contribution in [0.2, 0.25) is 0 Å². The molecule has 0 amide bonds. The van der Waals surface area contributed by atoms with Crippen molar-refractivity contribution < 1.29 is 14.6 Å². The molecule has 0 aliphatic carbocycles. The minimum atomic E-state index is -0.806. The van der Waals surface area contributed by atoms with Crippen LogP contribution in [0.5, 0.6) is 0 Å². The molecule has 0 bridgehead atoms. The molecular weight excluding hydrogens is 232 g/mol. The van der Waals surface area contributed by atoms with Crippen molar-refractivity contribution in [3.05, 3.63) is 17.0 Å². The largest absolute Gasteiger partial charge is 0.481 e. The summed E-state index contributed by atoms with van der Waals surface area (Å²) >= 11 is 0. The van der Waals surface area contributed by atoms with Gasteiger partial charge in [-0.25, -0.2) is 0 Å². The van der Waals surface area contributed by atoms with E-state index in [-0.39, 0.29) is 6.42 Å². The molecular formula is C13H20N2O3. The topological polar surface area (TPSA) is 64.4 Å². The van der Waals surface area contributed by atoms with E-state index in [2.05, 4.69) is 5.10 Å². The highest BCUT2D eigenvalue weighted by Gasteiger charge is 2.18. The number of nitrogens with zero attached hydrogens (tertiary/aromatic N) is 2. The second kappa shape index (κ2) is 5.52. The minimum Gasteiger partial charge on any atom is -0.481 e. The molecule has 18 heavy (non-hydrogen) atoms. The maximum Gasteiger partial charge on any atom is 0.307 e. The first-order valence-corrected chi connectivity index (χ1v) is 6.44. The second-order valence-electron chi connectivity index (χ2n) is 4.87. The predicted molar refractivity (Wildman–Crippen MR) is 66.6 cm³/mol. The molecule has 1 unspecified atom stereocenters. The van der Waals surface area contributed by atoms with Crippen LogP contribution in [0.25, 0.3) is 0 Å². The van der Waals surface area contributed by atoms with E-state index in [0.29, 0.717) is 6.10 Å². The summed E-state index contributed by atoms with van der Waals surface area (Å²) in [4.78, 5) is 10.8. The van der Waals surface area contributed by atoms with Crippen LogP contribution < -0.4 is 0 Å².